The predicted octanol–water partition coefficient (Wildman–Crippen LogP) is 1.70. The summed E-state index contributed by atoms with van der Waals surface area (Å²) in [5.41, 5.74) is 1.54. The van der Waals surface area contributed by atoms with Crippen molar-refractivity contribution in [1.82, 2.24) is 0 Å². The zero-order chi connectivity index (χ0) is 5.21. The van der Waals surface area contributed by atoms with Gasteiger partial charge in [0.1, 0.15) is 0 Å². The zero-order valence-corrected chi connectivity index (χ0v) is 5.85. The largest absolute Gasteiger partial charge is 0.451 e. The second-order valence-electron chi connectivity index (χ2n) is 0.610. The molecule has 0 aromatic heterocycles. The number of hydrogen-bond donors (Lipinski definition) is 0. The van der Waals surface area contributed by atoms with E-state index in [0.717, 1.165) is 0 Å². The van der Waals surface area contributed by atoms with Gasteiger partial charge < -0.3 is 0 Å². The van der Waals surface area contributed by atoms with Gasteiger partial charge in [0, 0.05) is 0 Å². The van der Waals surface area contributed by atoms with Gasteiger partial charge in [-0.1, -0.05) is 0 Å². The van der Waals surface area contributed by atoms with E-state index >= 15 is 0 Å². The summed E-state index contributed by atoms with van der Waals surface area (Å²) in [6.07, 6.45) is 0. The summed E-state index contributed by atoms with van der Waals surface area (Å²) in [6, 6.07) is -2.91. The molecule has 0 saturated carbocycles. The highest BCUT2D eigenvalue weighted by molar-refractivity contribution is 7.67. The molecule has 0 aliphatic carbocycles. The van der Waals surface area contributed by atoms with Crippen LogP contribution in [-0.4, -0.2) is 6.00 Å². The van der Waals surface area contributed by atoms with Crippen LogP contribution in [0.15, 0.2) is 0 Å². The molecule has 0 aliphatic heterocycles. The second-order valence-corrected chi connectivity index (χ2v) is 8.67. The highest BCUT2D eigenvalue weighted by Gasteiger charge is 2.23. The highest BCUT2D eigenvalue weighted by Crippen LogP contribution is 2.16. The first-order valence-corrected chi connectivity index (χ1v) is 6.08. The van der Waals surface area contributed by atoms with Crippen molar-refractivity contribution in [2.45, 2.75) is 0 Å². The number of nitrogens with zero attached hydrogens (tertiary/aromatic N) is 1. The van der Waals surface area contributed by atoms with Crippen LogP contribution in [-0.2, 0) is 0 Å². The minimum absolute atomic E-state index is 1.54. The first-order chi connectivity index (χ1) is 2.56. The fourth-order valence-corrected chi connectivity index (χ4v) is 0. The minimum atomic E-state index is -2.91. The summed E-state index contributed by atoms with van der Waals surface area (Å²) in [5, 5.41) is 7.82. The maximum absolute atomic E-state index is 7.82. The lowest BCUT2D eigenvalue weighted by molar-refractivity contribution is 1.56. The van der Waals surface area contributed by atoms with E-state index in [9.17, 15) is 0 Å². The van der Waals surface area contributed by atoms with Gasteiger partial charge in [-0.3, -0.25) is 0 Å². The molecule has 0 rings (SSSR count). The van der Waals surface area contributed by atoms with Crippen LogP contribution in [0.5, 0.6) is 0 Å². The summed E-state index contributed by atoms with van der Waals surface area (Å²) in [7, 11) is 0. The lowest BCUT2D eigenvalue weighted by Crippen LogP contribution is -2.02. The standard InChI is InChI=1S/CCl3NSi/c2-6(3,4)1-5. The number of rotatable bonds is 0. The Balaban J connectivity index is 3.55. The molecule has 0 aromatic rings. The summed E-state index contributed by atoms with van der Waals surface area (Å²) < 4.78 is 0. The lowest BCUT2D eigenvalue weighted by Gasteiger charge is -1.85. The molecule has 5 heteroatoms. The molecule has 0 amide bonds. The van der Waals surface area contributed by atoms with Gasteiger partial charge in [-0.15, -0.1) is 33.2 Å². The van der Waals surface area contributed by atoms with Gasteiger partial charge >= 0.3 is 6.00 Å². The van der Waals surface area contributed by atoms with Crippen molar-refractivity contribution in [2.75, 3.05) is 0 Å². The Morgan fingerprint density at radius 1 is 1.33 bits per heavy atom. The van der Waals surface area contributed by atoms with Gasteiger partial charge in [0.25, 0.3) is 0 Å². The van der Waals surface area contributed by atoms with Crippen LogP contribution >= 0.6 is 33.2 Å². The Morgan fingerprint density at radius 2 is 1.50 bits per heavy atom. The van der Waals surface area contributed by atoms with Gasteiger partial charge in [0.15, 0.2) is 0 Å². The van der Waals surface area contributed by atoms with Crippen molar-refractivity contribution in [2.24, 2.45) is 0 Å². The van der Waals surface area contributed by atoms with Gasteiger partial charge in [0.05, 0.1) is 5.69 Å². The summed E-state index contributed by atoms with van der Waals surface area (Å²) in [5.74, 6) is 0. The van der Waals surface area contributed by atoms with E-state index in [2.05, 4.69) is 0 Å². The molecule has 34 valence electrons. The lowest BCUT2D eigenvalue weighted by atomic mass is 11.8. The highest BCUT2D eigenvalue weighted by atomic mass is 35.8. The molecule has 0 N–H and O–H groups in total. The second kappa shape index (κ2) is 2.03. The molecular weight excluding hydrogens is 160 g/mol. The molecule has 0 bridgehead atoms. The third kappa shape index (κ3) is 4.58. The maximum atomic E-state index is 7.82. The molecule has 0 radical (unpaired) electrons. The fraction of sp³-hybridized carbons (Fsp3) is 0. The van der Waals surface area contributed by atoms with Crippen LogP contribution in [0.4, 0.5) is 0 Å². The first-order valence-electron chi connectivity index (χ1n) is 1.04. The van der Waals surface area contributed by atoms with Crippen molar-refractivity contribution >= 4 is 39.2 Å². The van der Waals surface area contributed by atoms with Crippen LogP contribution < -0.4 is 0 Å². The molecule has 0 saturated heterocycles. The smallest absolute Gasteiger partial charge is 0.202 e. The monoisotopic (exact) mass is 159 g/mol. The Bertz CT molecular complexity index is 77.8. The van der Waals surface area contributed by atoms with Gasteiger partial charge in [-0.2, -0.15) is 0 Å². The Kier molecular flexibility index (Phi) is 2.23. The van der Waals surface area contributed by atoms with Crippen molar-refractivity contribution in [3.05, 3.63) is 0 Å². The van der Waals surface area contributed by atoms with Crippen molar-refractivity contribution in [1.29, 1.82) is 5.26 Å². The molecule has 0 fully saturated rings. The van der Waals surface area contributed by atoms with Crippen LogP contribution in [0.1, 0.15) is 0 Å². The van der Waals surface area contributed by atoms with Crippen LogP contribution in [0.3, 0.4) is 0 Å². The van der Waals surface area contributed by atoms with Crippen LogP contribution in [0.25, 0.3) is 0 Å². The van der Waals surface area contributed by atoms with Crippen LogP contribution in [0.2, 0.25) is 0 Å². The topological polar surface area (TPSA) is 23.8 Å². The molecule has 6 heavy (non-hydrogen) atoms. The average Bonchev–Trinajstić information content (AvgIpc) is 1.35. The van der Waals surface area contributed by atoms with Gasteiger partial charge in [0.2, 0.25) is 0 Å². The van der Waals surface area contributed by atoms with Crippen molar-refractivity contribution in [3.63, 3.8) is 0 Å². The van der Waals surface area contributed by atoms with Gasteiger partial charge in [-0.25, -0.2) is 5.26 Å². The van der Waals surface area contributed by atoms with E-state index in [4.69, 9.17) is 38.5 Å². The molecule has 0 unspecified atom stereocenters. The molecule has 1 nitrogen and oxygen atoms in total. The molecule has 0 atom stereocenters. The predicted molar refractivity (Wildman–Crippen MR) is 28.9 cm³/mol. The quantitative estimate of drug-likeness (QED) is 0.391. The van der Waals surface area contributed by atoms with E-state index in [1.165, 1.54) is 5.69 Å². The summed E-state index contributed by atoms with van der Waals surface area (Å²) in [4.78, 5) is 0. The van der Waals surface area contributed by atoms with Crippen LogP contribution in [0, 0.1) is 11.0 Å². The van der Waals surface area contributed by atoms with Gasteiger partial charge in [-0.05, 0) is 0 Å². The fourth-order valence-electron chi connectivity index (χ4n) is 0. The van der Waals surface area contributed by atoms with E-state index in [1.807, 2.05) is 0 Å². The maximum Gasteiger partial charge on any atom is 0.451 e. The first kappa shape index (κ1) is 6.58. The third-order valence-corrected chi connectivity index (χ3v) is 1.14. The third-order valence-electron chi connectivity index (χ3n) is 0.127. The molecule has 0 aromatic carbocycles. The Morgan fingerprint density at radius 3 is 1.50 bits per heavy atom. The molecule has 0 heterocycles. The number of halogens is 3. The number of hydrogen-bond acceptors (Lipinski definition) is 1. The van der Waals surface area contributed by atoms with Crippen molar-refractivity contribution in [3.8, 4) is 5.69 Å². The summed E-state index contributed by atoms with van der Waals surface area (Å²) >= 11 is 15.1. The Labute approximate surface area is 50.5 Å². The van der Waals surface area contributed by atoms with E-state index in [1.54, 1.807) is 0 Å². The average molecular weight is 160 g/mol. The SMILES string of the molecule is N#C[Si](Cl)(Cl)Cl. The zero-order valence-electron chi connectivity index (χ0n) is 2.58. The summed E-state index contributed by atoms with van der Waals surface area (Å²) in [6.45, 7) is 0. The Hall–Kier alpha value is 0.577. The molecule has 0 aliphatic rings. The van der Waals surface area contributed by atoms with E-state index in [-0.39, 0.29) is 0 Å². The van der Waals surface area contributed by atoms with Crippen molar-refractivity contribution < 1.29 is 0 Å². The molecule has 0 spiro atoms. The molecular formula is CCl3NSi. The minimum Gasteiger partial charge on any atom is -0.202 e. The number of nitriles is 1. The van der Waals surface area contributed by atoms with E-state index < -0.39 is 6.00 Å². The normalized spacial score (nSPS) is 10.3. The van der Waals surface area contributed by atoms with E-state index in [0.29, 0.717) is 0 Å².